The van der Waals surface area contributed by atoms with Gasteiger partial charge in [-0.25, -0.2) is 8.42 Å². The van der Waals surface area contributed by atoms with Crippen LogP contribution in [-0.4, -0.2) is 43.9 Å². The summed E-state index contributed by atoms with van der Waals surface area (Å²) < 4.78 is 31.7. The highest BCUT2D eigenvalue weighted by molar-refractivity contribution is 9.09. The maximum absolute atomic E-state index is 12.4. The zero-order chi connectivity index (χ0) is 13.2. The molecule has 1 saturated heterocycles. The Morgan fingerprint density at radius 3 is 2.94 bits per heavy atom. The van der Waals surface area contributed by atoms with Gasteiger partial charge in [-0.3, -0.25) is 0 Å². The Morgan fingerprint density at radius 2 is 2.28 bits per heavy atom. The predicted molar refractivity (Wildman–Crippen MR) is 73.7 cm³/mol. The minimum Gasteiger partial charge on any atom is -0.375 e. The molecule has 100 valence electrons. The molecule has 1 unspecified atom stereocenters. The number of nitrogens with zero attached hydrogens (tertiary/aromatic N) is 1. The molecule has 4 nitrogen and oxygen atoms in total. The fourth-order valence-electron chi connectivity index (χ4n) is 1.78. The minimum absolute atomic E-state index is 0.104. The van der Waals surface area contributed by atoms with Crippen molar-refractivity contribution in [1.29, 1.82) is 0 Å². The van der Waals surface area contributed by atoms with Gasteiger partial charge in [0.25, 0.3) is 0 Å². The van der Waals surface area contributed by atoms with Crippen molar-refractivity contribution in [2.24, 2.45) is 0 Å². The van der Waals surface area contributed by atoms with E-state index in [1.54, 1.807) is 18.2 Å². The van der Waals surface area contributed by atoms with Crippen LogP contribution in [0.25, 0.3) is 0 Å². The number of sulfonamides is 1. The largest absolute Gasteiger partial charge is 0.375 e. The summed E-state index contributed by atoms with van der Waals surface area (Å²) in [4.78, 5) is 0.227. The van der Waals surface area contributed by atoms with Gasteiger partial charge in [-0.1, -0.05) is 33.6 Å². The number of hydrogen-bond donors (Lipinski definition) is 0. The molecular formula is C11H13BrClNO3S. The van der Waals surface area contributed by atoms with Gasteiger partial charge in [0, 0.05) is 23.4 Å². The van der Waals surface area contributed by atoms with Gasteiger partial charge >= 0.3 is 0 Å². The maximum Gasteiger partial charge on any atom is 0.243 e. The lowest BCUT2D eigenvalue weighted by Gasteiger charge is -2.31. The van der Waals surface area contributed by atoms with Gasteiger partial charge < -0.3 is 4.74 Å². The van der Waals surface area contributed by atoms with E-state index in [1.807, 2.05) is 0 Å². The zero-order valence-corrected chi connectivity index (χ0v) is 12.7. The van der Waals surface area contributed by atoms with Crippen molar-refractivity contribution in [2.45, 2.75) is 11.0 Å². The van der Waals surface area contributed by atoms with Crippen molar-refractivity contribution in [3.63, 3.8) is 0 Å². The van der Waals surface area contributed by atoms with Gasteiger partial charge in [0.05, 0.1) is 17.6 Å². The van der Waals surface area contributed by atoms with Crippen LogP contribution in [0.2, 0.25) is 5.02 Å². The molecule has 1 aliphatic rings. The second-order valence-electron chi connectivity index (χ2n) is 3.97. The molecule has 0 spiro atoms. The molecule has 1 aromatic carbocycles. The summed E-state index contributed by atoms with van der Waals surface area (Å²) in [6.45, 7) is 1.15. The second-order valence-corrected chi connectivity index (χ2v) is 6.99. The highest BCUT2D eigenvalue weighted by Crippen LogP contribution is 2.21. The van der Waals surface area contributed by atoms with E-state index in [-0.39, 0.29) is 11.0 Å². The zero-order valence-electron chi connectivity index (χ0n) is 9.55. The molecule has 18 heavy (non-hydrogen) atoms. The SMILES string of the molecule is O=S(=O)(c1cccc(Cl)c1)N1CCOC(CBr)C1. The first kappa shape index (κ1) is 14.3. The van der Waals surface area contributed by atoms with Crippen molar-refractivity contribution < 1.29 is 13.2 Å². The summed E-state index contributed by atoms with van der Waals surface area (Å²) in [6.07, 6.45) is -0.104. The maximum atomic E-state index is 12.4. The van der Waals surface area contributed by atoms with Crippen molar-refractivity contribution in [3.05, 3.63) is 29.3 Å². The van der Waals surface area contributed by atoms with E-state index in [2.05, 4.69) is 15.9 Å². The van der Waals surface area contributed by atoms with Crippen LogP contribution in [0.4, 0.5) is 0 Å². The molecule has 1 atom stereocenters. The van der Waals surface area contributed by atoms with Crippen molar-refractivity contribution in [3.8, 4) is 0 Å². The average molecular weight is 355 g/mol. The molecule has 0 radical (unpaired) electrons. The molecule has 0 bridgehead atoms. The molecule has 0 amide bonds. The third kappa shape index (κ3) is 3.05. The summed E-state index contributed by atoms with van der Waals surface area (Å²) in [5, 5.41) is 1.04. The van der Waals surface area contributed by atoms with Crippen LogP contribution in [0.5, 0.6) is 0 Å². The van der Waals surface area contributed by atoms with Crippen LogP contribution in [0.15, 0.2) is 29.2 Å². The van der Waals surface area contributed by atoms with E-state index in [0.717, 1.165) is 0 Å². The predicted octanol–water partition coefficient (Wildman–Crippen LogP) is 2.12. The lowest BCUT2D eigenvalue weighted by molar-refractivity contribution is 0.0137. The first-order valence-corrected chi connectivity index (χ1v) is 8.41. The van der Waals surface area contributed by atoms with Crippen LogP contribution in [0.1, 0.15) is 0 Å². The summed E-state index contributed by atoms with van der Waals surface area (Å²) in [6, 6.07) is 6.31. The number of benzene rings is 1. The summed E-state index contributed by atoms with van der Waals surface area (Å²) in [7, 11) is -3.48. The van der Waals surface area contributed by atoms with Gasteiger partial charge in [0.15, 0.2) is 0 Å². The standard InChI is InChI=1S/C11H13BrClNO3S/c12-7-10-8-14(4-5-17-10)18(15,16)11-3-1-2-9(13)6-11/h1-3,6,10H,4-5,7-8H2. The molecule has 0 saturated carbocycles. The van der Waals surface area contributed by atoms with Crippen LogP contribution >= 0.6 is 27.5 Å². The van der Waals surface area contributed by atoms with Gasteiger partial charge in [-0.15, -0.1) is 0 Å². The fourth-order valence-corrected chi connectivity index (χ4v) is 3.93. The number of alkyl halides is 1. The van der Waals surface area contributed by atoms with E-state index in [1.165, 1.54) is 10.4 Å². The first-order valence-electron chi connectivity index (χ1n) is 5.47. The van der Waals surface area contributed by atoms with E-state index >= 15 is 0 Å². The highest BCUT2D eigenvalue weighted by Gasteiger charge is 2.30. The average Bonchev–Trinajstić information content (AvgIpc) is 2.39. The minimum atomic E-state index is -3.48. The topological polar surface area (TPSA) is 46.6 Å². The van der Waals surface area contributed by atoms with Gasteiger partial charge in [-0.2, -0.15) is 4.31 Å². The van der Waals surface area contributed by atoms with Gasteiger partial charge in [0.2, 0.25) is 10.0 Å². The Kier molecular flexibility index (Phi) is 4.66. The van der Waals surface area contributed by atoms with Crippen molar-refractivity contribution in [2.75, 3.05) is 25.0 Å². The Bertz CT molecular complexity index is 523. The normalized spacial score (nSPS) is 22.0. The number of morpholine rings is 1. The Morgan fingerprint density at radius 1 is 1.50 bits per heavy atom. The molecule has 2 rings (SSSR count). The summed E-state index contributed by atoms with van der Waals surface area (Å²) in [5.74, 6) is 0. The smallest absolute Gasteiger partial charge is 0.243 e. The summed E-state index contributed by atoms with van der Waals surface area (Å²) in [5.41, 5.74) is 0. The van der Waals surface area contributed by atoms with E-state index in [0.29, 0.717) is 30.0 Å². The fraction of sp³-hybridized carbons (Fsp3) is 0.455. The third-order valence-corrected chi connectivity index (χ3v) is 5.53. The molecule has 1 fully saturated rings. The molecule has 1 heterocycles. The quantitative estimate of drug-likeness (QED) is 0.781. The van der Waals surface area contributed by atoms with Gasteiger partial charge in [0.1, 0.15) is 0 Å². The third-order valence-electron chi connectivity index (χ3n) is 2.71. The van der Waals surface area contributed by atoms with Crippen LogP contribution in [0.3, 0.4) is 0 Å². The molecule has 1 aliphatic heterocycles. The number of halogens is 2. The number of hydrogen-bond acceptors (Lipinski definition) is 3. The Labute approximate surface area is 120 Å². The van der Waals surface area contributed by atoms with Crippen LogP contribution in [-0.2, 0) is 14.8 Å². The van der Waals surface area contributed by atoms with Crippen molar-refractivity contribution in [1.82, 2.24) is 4.31 Å². The monoisotopic (exact) mass is 353 g/mol. The number of ether oxygens (including phenoxy) is 1. The summed E-state index contributed by atoms with van der Waals surface area (Å²) >= 11 is 9.14. The van der Waals surface area contributed by atoms with E-state index in [9.17, 15) is 8.42 Å². The van der Waals surface area contributed by atoms with Crippen LogP contribution < -0.4 is 0 Å². The molecule has 1 aromatic rings. The molecule has 7 heteroatoms. The lowest BCUT2D eigenvalue weighted by atomic mass is 10.3. The Balaban J connectivity index is 2.25. The van der Waals surface area contributed by atoms with Crippen LogP contribution in [0, 0.1) is 0 Å². The second kappa shape index (κ2) is 5.88. The molecular weight excluding hydrogens is 342 g/mol. The Hall–Kier alpha value is -0.140. The molecule has 0 N–H and O–H groups in total. The van der Waals surface area contributed by atoms with E-state index in [4.69, 9.17) is 16.3 Å². The highest BCUT2D eigenvalue weighted by atomic mass is 79.9. The van der Waals surface area contributed by atoms with Crippen molar-refractivity contribution >= 4 is 37.6 Å². The first-order chi connectivity index (χ1) is 8.54. The lowest BCUT2D eigenvalue weighted by Crippen LogP contribution is -2.46. The van der Waals surface area contributed by atoms with E-state index < -0.39 is 10.0 Å². The van der Waals surface area contributed by atoms with Gasteiger partial charge in [-0.05, 0) is 18.2 Å². The molecule has 0 aliphatic carbocycles. The number of rotatable bonds is 3. The molecule has 0 aromatic heterocycles.